The standard InChI is InChI=1S/C15H22O2.C7H6O2/c1-2-3-4-5-6-7-12-17-15-10-8-14(13-16)9-11-15;8-5-6-1-3-7(9)4-2-6/h8-11,13H,2-7,12H2,1H3;1-5,9H. The molecule has 0 aliphatic carbocycles. The predicted octanol–water partition coefficient (Wildman–Crippen LogP) is 5.44. The summed E-state index contributed by atoms with van der Waals surface area (Å²) in [6.07, 6.45) is 9.21. The molecule has 0 aliphatic heterocycles. The Bertz CT molecular complexity index is 618. The van der Waals surface area contributed by atoms with Gasteiger partial charge in [0.1, 0.15) is 24.1 Å². The second-order valence-corrected chi connectivity index (χ2v) is 6.01. The molecule has 0 amide bonds. The number of phenols is 1. The molecule has 0 aliphatic rings. The van der Waals surface area contributed by atoms with Gasteiger partial charge in [0.15, 0.2) is 0 Å². The van der Waals surface area contributed by atoms with E-state index in [2.05, 4.69) is 6.92 Å². The summed E-state index contributed by atoms with van der Waals surface area (Å²) in [4.78, 5) is 20.5. The molecule has 26 heavy (non-hydrogen) atoms. The fourth-order valence-corrected chi connectivity index (χ4v) is 2.27. The molecule has 0 saturated heterocycles. The molecule has 0 fully saturated rings. The Hall–Kier alpha value is -2.62. The van der Waals surface area contributed by atoms with Gasteiger partial charge in [0.2, 0.25) is 0 Å². The number of unbranched alkanes of at least 4 members (excludes halogenated alkanes) is 5. The number of phenolic OH excluding ortho intramolecular Hbond substituents is 1. The molecule has 0 bridgehead atoms. The first kappa shape index (κ1) is 21.4. The third kappa shape index (κ3) is 9.62. The highest BCUT2D eigenvalue weighted by molar-refractivity contribution is 5.75. The van der Waals surface area contributed by atoms with Crippen LogP contribution in [-0.2, 0) is 0 Å². The largest absolute Gasteiger partial charge is 0.508 e. The van der Waals surface area contributed by atoms with Crippen LogP contribution in [-0.4, -0.2) is 24.3 Å². The van der Waals surface area contributed by atoms with Gasteiger partial charge in [-0.2, -0.15) is 0 Å². The zero-order valence-corrected chi connectivity index (χ0v) is 15.4. The fraction of sp³-hybridized carbons (Fsp3) is 0.364. The molecule has 4 heteroatoms. The zero-order chi connectivity index (χ0) is 19.0. The third-order valence-corrected chi connectivity index (χ3v) is 3.81. The zero-order valence-electron chi connectivity index (χ0n) is 15.4. The number of carbonyl (C=O) groups excluding carboxylic acids is 2. The van der Waals surface area contributed by atoms with Crippen LogP contribution < -0.4 is 4.74 Å². The summed E-state index contributed by atoms with van der Waals surface area (Å²) in [6.45, 7) is 3.00. The average molecular weight is 356 g/mol. The number of aldehydes is 2. The molecule has 2 aromatic carbocycles. The maximum atomic E-state index is 10.5. The minimum absolute atomic E-state index is 0.181. The molecule has 2 aromatic rings. The first-order chi connectivity index (χ1) is 12.7. The highest BCUT2D eigenvalue weighted by Gasteiger charge is 1.95. The van der Waals surface area contributed by atoms with E-state index >= 15 is 0 Å². The van der Waals surface area contributed by atoms with Crippen molar-refractivity contribution in [3.63, 3.8) is 0 Å². The molecule has 0 unspecified atom stereocenters. The minimum Gasteiger partial charge on any atom is -0.508 e. The Balaban J connectivity index is 0.000000314. The summed E-state index contributed by atoms with van der Waals surface area (Å²) in [5, 5.41) is 8.74. The highest BCUT2D eigenvalue weighted by Crippen LogP contribution is 2.12. The van der Waals surface area contributed by atoms with Crippen molar-refractivity contribution in [3.05, 3.63) is 59.7 Å². The monoisotopic (exact) mass is 356 g/mol. The molecule has 0 saturated carbocycles. The van der Waals surface area contributed by atoms with Crippen LogP contribution in [0, 0.1) is 0 Å². The Labute approximate surface area is 155 Å². The SMILES string of the molecule is CCCCCCCCOc1ccc(C=O)cc1.O=Cc1ccc(O)cc1. The van der Waals surface area contributed by atoms with Crippen LogP contribution in [0.1, 0.15) is 66.2 Å². The molecule has 0 heterocycles. The molecule has 0 atom stereocenters. The van der Waals surface area contributed by atoms with Gasteiger partial charge in [-0.25, -0.2) is 0 Å². The maximum absolute atomic E-state index is 10.5. The third-order valence-electron chi connectivity index (χ3n) is 3.81. The Morgan fingerprint density at radius 2 is 1.27 bits per heavy atom. The lowest BCUT2D eigenvalue weighted by Crippen LogP contribution is -1.97. The van der Waals surface area contributed by atoms with Gasteiger partial charge in [-0.15, -0.1) is 0 Å². The van der Waals surface area contributed by atoms with Gasteiger partial charge in [0.05, 0.1) is 6.61 Å². The van der Waals surface area contributed by atoms with Crippen LogP contribution in [0.25, 0.3) is 0 Å². The van der Waals surface area contributed by atoms with E-state index in [1.807, 2.05) is 12.1 Å². The maximum Gasteiger partial charge on any atom is 0.150 e. The summed E-state index contributed by atoms with van der Waals surface area (Å²) in [5.74, 6) is 1.03. The smallest absolute Gasteiger partial charge is 0.150 e. The van der Waals surface area contributed by atoms with Crippen LogP contribution in [0.3, 0.4) is 0 Å². The first-order valence-corrected chi connectivity index (χ1v) is 9.12. The molecule has 4 nitrogen and oxygen atoms in total. The lowest BCUT2D eigenvalue weighted by molar-refractivity contribution is 0.111. The Morgan fingerprint density at radius 3 is 1.81 bits per heavy atom. The number of rotatable bonds is 10. The van der Waals surface area contributed by atoms with Crippen molar-refractivity contribution >= 4 is 12.6 Å². The van der Waals surface area contributed by atoms with Crippen molar-refractivity contribution in [3.8, 4) is 11.5 Å². The molecule has 0 aromatic heterocycles. The minimum atomic E-state index is 0.181. The highest BCUT2D eigenvalue weighted by atomic mass is 16.5. The molecular formula is C22H28O4. The molecule has 2 rings (SSSR count). The van der Waals surface area contributed by atoms with E-state index in [-0.39, 0.29) is 5.75 Å². The summed E-state index contributed by atoms with van der Waals surface area (Å²) < 4.78 is 5.60. The van der Waals surface area contributed by atoms with Crippen molar-refractivity contribution in [2.75, 3.05) is 6.61 Å². The number of aromatic hydroxyl groups is 1. The number of ether oxygens (including phenoxy) is 1. The van der Waals surface area contributed by atoms with Crippen molar-refractivity contribution in [2.45, 2.75) is 45.4 Å². The van der Waals surface area contributed by atoms with Gasteiger partial charge in [-0.1, -0.05) is 39.0 Å². The topological polar surface area (TPSA) is 63.6 Å². The van der Waals surface area contributed by atoms with Gasteiger partial charge in [-0.05, 0) is 55.0 Å². The van der Waals surface area contributed by atoms with Gasteiger partial charge < -0.3 is 9.84 Å². The summed E-state index contributed by atoms with van der Waals surface area (Å²) in [6, 6.07) is 13.3. The van der Waals surface area contributed by atoms with Gasteiger partial charge >= 0.3 is 0 Å². The second-order valence-electron chi connectivity index (χ2n) is 6.01. The molecule has 0 radical (unpaired) electrons. The van der Waals surface area contributed by atoms with E-state index in [9.17, 15) is 9.59 Å². The number of carbonyl (C=O) groups is 2. The van der Waals surface area contributed by atoms with Crippen LogP contribution in [0.15, 0.2) is 48.5 Å². The Morgan fingerprint density at radius 1 is 0.769 bits per heavy atom. The molecular weight excluding hydrogens is 328 g/mol. The quantitative estimate of drug-likeness (QED) is 0.454. The Kier molecular flexibility index (Phi) is 11.2. The lowest BCUT2D eigenvalue weighted by Gasteiger charge is -2.05. The number of hydrogen-bond donors (Lipinski definition) is 1. The van der Waals surface area contributed by atoms with Gasteiger partial charge in [-0.3, -0.25) is 9.59 Å². The summed E-state index contributed by atoms with van der Waals surface area (Å²) in [7, 11) is 0. The van der Waals surface area contributed by atoms with E-state index in [0.717, 1.165) is 31.3 Å². The van der Waals surface area contributed by atoms with E-state index in [0.29, 0.717) is 11.1 Å². The van der Waals surface area contributed by atoms with Gasteiger partial charge in [0, 0.05) is 11.1 Å². The van der Waals surface area contributed by atoms with E-state index in [1.165, 1.54) is 44.2 Å². The molecule has 0 spiro atoms. The fourth-order valence-electron chi connectivity index (χ4n) is 2.27. The van der Waals surface area contributed by atoms with Crippen LogP contribution in [0.2, 0.25) is 0 Å². The van der Waals surface area contributed by atoms with Gasteiger partial charge in [0.25, 0.3) is 0 Å². The average Bonchev–Trinajstić information content (AvgIpc) is 2.69. The normalized spacial score (nSPS) is 9.73. The predicted molar refractivity (Wildman–Crippen MR) is 104 cm³/mol. The van der Waals surface area contributed by atoms with Crippen LogP contribution >= 0.6 is 0 Å². The summed E-state index contributed by atoms with van der Waals surface area (Å²) in [5.41, 5.74) is 1.27. The van der Waals surface area contributed by atoms with Crippen LogP contribution in [0.5, 0.6) is 11.5 Å². The van der Waals surface area contributed by atoms with E-state index in [4.69, 9.17) is 9.84 Å². The number of hydrogen-bond acceptors (Lipinski definition) is 4. The van der Waals surface area contributed by atoms with E-state index in [1.54, 1.807) is 24.3 Å². The van der Waals surface area contributed by atoms with Crippen LogP contribution in [0.4, 0.5) is 0 Å². The molecule has 1 N–H and O–H groups in total. The van der Waals surface area contributed by atoms with E-state index < -0.39 is 0 Å². The lowest BCUT2D eigenvalue weighted by atomic mass is 10.1. The summed E-state index contributed by atoms with van der Waals surface area (Å²) >= 11 is 0. The molecule has 140 valence electrons. The first-order valence-electron chi connectivity index (χ1n) is 9.12. The second kappa shape index (κ2) is 13.6. The van der Waals surface area contributed by atoms with Crippen molar-refractivity contribution in [1.29, 1.82) is 0 Å². The van der Waals surface area contributed by atoms with Crippen molar-refractivity contribution in [2.24, 2.45) is 0 Å². The number of benzene rings is 2. The van der Waals surface area contributed by atoms with Crippen molar-refractivity contribution in [1.82, 2.24) is 0 Å². The van der Waals surface area contributed by atoms with Crippen molar-refractivity contribution < 1.29 is 19.4 Å².